The first kappa shape index (κ1) is 11.7. The van der Waals surface area contributed by atoms with Crippen LogP contribution in [-0.2, 0) is 0 Å². The average Bonchev–Trinajstić information content (AvgIpc) is 2.22. The van der Waals surface area contributed by atoms with Crippen molar-refractivity contribution in [3.63, 3.8) is 0 Å². The van der Waals surface area contributed by atoms with Gasteiger partial charge < -0.3 is 11.1 Å². The van der Waals surface area contributed by atoms with Crippen LogP contribution in [0.1, 0.15) is 12.5 Å². The summed E-state index contributed by atoms with van der Waals surface area (Å²) >= 11 is 5.66. The Hall–Kier alpha value is -1.38. The van der Waals surface area contributed by atoms with E-state index in [2.05, 4.69) is 10.3 Å². The number of nitriles is 1. The van der Waals surface area contributed by atoms with E-state index in [1.807, 2.05) is 0 Å². The van der Waals surface area contributed by atoms with Crippen LogP contribution in [0.2, 0.25) is 5.15 Å². The maximum absolute atomic E-state index is 13.3. The molecule has 0 spiro atoms. The van der Waals surface area contributed by atoms with Gasteiger partial charge in [-0.3, -0.25) is 0 Å². The van der Waals surface area contributed by atoms with E-state index in [0.29, 0.717) is 6.54 Å². The Morgan fingerprint density at radius 2 is 2.47 bits per heavy atom. The summed E-state index contributed by atoms with van der Waals surface area (Å²) in [6.45, 7) is 2.13. The number of nitrogens with zero attached hydrogens (tertiary/aromatic N) is 2. The second-order valence-electron chi connectivity index (χ2n) is 3.05. The third-order valence-corrected chi connectivity index (χ3v) is 2.07. The minimum absolute atomic E-state index is 0.0111. The molecule has 3 N–H and O–H groups in total. The summed E-state index contributed by atoms with van der Waals surface area (Å²) in [7, 11) is 0. The molecule has 0 aromatic carbocycles. The van der Waals surface area contributed by atoms with Gasteiger partial charge in [-0.2, -0.15) is 5.26 Å². The van der Waals surface area contributed by atoms with E-state index in [-0.39, 0.29) is 22.6 Å². The monoisotopic (exact) mass is 228 g/mol. The van der Waals surface area contributed by atoms with Crippen LogP contribution in [0.15, 0.2) is 6.07 Å². The van der Waals surface area contributed by atoms with Crippen molar-refractivity contribution in [3.8, 4) is 6.07 Å². The van der Waals surface area contributed by atoms with Crippen molar-refractivity contribution < 1.29 is 4.39 Å². The minimum Gasteiger partial charge on any atom is -0.364 e. The standard InChI is InChI=1S/C9H10ClFN4/c1-5(3-12)14-9-7(11)2-6(4-13)8(10)15-9/h2,5H,3,12H2,1H3,(H,14,15). The molecule has 1 rings (SSSR count). The van der Waals surface area contributed by atoms with Crippen molar-refractivity contribution in [1.82, 2.24) is 4.98 Å². The van der Waals surface area contributed by atoms with Gasteiger partial charge in [0.25, 0.3) is 0 Å². The Kier molecular flexibility index (Phi) is 3.83. The molecule has 0 saturated heterocycles. The molecule has 15 heavy (non-hydrogen) atoms. The number of rotatable bonds is 3. The quantitative estimate of drug-likeness (QED) is 0.769. The Balaban J connectivity index is 3.01. The molecule has 1 aromatic heterocycles. The van der Waals surface area contributed by atoms with Gasteiger partial charge in [0.15, 0.2) is 11.6 Å². The zero-order valence-corrected chi connectivity index (χ0v) is 8.85. The number of halogens is 2. The van der Waals surface area contributed by atoms with Gasteiger partial charge >= 0.3 is 0 Å². The molecular formula is C9H10ClFN4. The lowest BCUT2D eigenvalue weighted by Gasteiger charge is -2.12. The van der Waals surface area contributed by atoms with E-state index >= 15 is 0 Å². The van der Waals surface area contributed by atoms with Gasteiger partial charge in [-0.05, 0) is 13.0 Å². The van der Waals surface area contributed by atoms with Gasteiger partial charge in [-0.25, -0.2) is 9.37 Å². The number of pyridine rings is 1. The molecule has 0 saturated carbocycles. The molecule has 6 heteroatoms. The number of nitrogens with two attached hydrogens (primary N) is 1. The lowest BCUT2D eigenvalue weighted by atomic mass is 10.3. The second kappa shape index (κ2) is 4.91. The van der Waals surface area contributed by atoms with Crippen molar-refractivity contribution in [3.05, 3.63) is 22.6 Å². The summed E-state index contributed by atoms with van der Waals surface area (Å²) in [6, 6.07) is 2.67. The smallest absolute Gasteiger partial charge is 0.166 e. The number of aromatic nitrogens is 1. The fourth-order valence-corrected chi connectivity index (χ4v) is 1.12. The Labute approximate surface area is 91.9 Å². The van der Waals surface area contributed by atoms with E-state index in [4.69, 9.17) is 22.6 Å². The van der Waals surface area contributed by atoms with Gasteiger partial charge in [0.05, 0.1) is 5.56 Å². The molecule has 0 radical (unpaired) electrons. The summed E-state index contributed by atoms with van der Waals surface area (Å²) in [5.74, 6) is -0.604. The highest BCUT2D eigenvalue weighted by Crippen LogP contribution is 2.19. The lowest BCUT2D eigenvalue weighted by molar-refractivity contribution is 0.619. The summed E-state index contributed by atoms with van der Waals surface area (Å²) < 4.78 is 13.3. The van der Waals surface area contributed by atoms with Crippen molar-refractivity contribution in [2.24, 2.45) is 5.73 Å². The van der Waals surface area contributed by atoms with Crippen LogP contribution >= 0.6 is 11.6 Å². The van der Waals surface area contributed by atoms with Gasteiger partial charge in [0, 0.05) is 12.6 Å². The summed E-state index contributed by atoms with van der Waals surface area (Å²) in [5.41, 5.74) is 5.38. The van der Waals surface area contributed by atoms with Gasteiger partial charge in [0.2, 0.25) is 0 Å². The van der Waals surface area contributed by atoms with Crippen molar-refractivity contribution >= 4 is 17.4 Å². The predicted molar refractivity (Wildman–Crippen MR) is 56.1 cm³/mol. The molecule has 0 aliphatic carbocycles. The third kappa shape index (κ3) is 2.78. The SMILES string of the molecule is CC(CN)Nc1nc(Cl)c(C#N)cc1F. The fourth-order valence-electron chi connectivity index (χ4n) is 0.938. The molecule has 0 aliphatic rings. The average molecular weight is 229 g/mol. The number of hydrogen-bond donors (Lipinski definition) is 2. The van der Waals surface area contributed by atoms with Crippen molar-refractivity contribution in [2.45, 2.75) is 13.0 Å². The van der Waals surface area contributed by atoms with E-state index in [1.165, 1.54) is 0 Å². The molecule has 1 unspecified atom stereocenters. The molecule has 80 valence electrons. The molecule has 0 aliphatic heterocycles. The van der Waals surface area contributed by atoms with Crippen LogP contribution < -0.4 is 11.1 Å². The van der Waals surface area contributed by atoms with Crippen LogP contribution in [0.5, 0.6) is 0 Å². The number of hydrogen-bond acceptors (Lipinski definition) is 4. The predicted octanol–water partition coefficient (Wildman–Crippen LogP) is 1.50. The first-order valence-electron chi connectivity index (χ1n) is 4.31. The fraction of sp³-hybridized carbons (Fsp3) is 0.333. The summed E-state index contributed by atoms with van der Waals surface area (Å²) in [5, 5.41) is 11.3. The van der Waals surface area contributed by atoms with Crippen LogP contribution in [-0.4, -0.2) is 17.6 Å². The first-order chi connectivity index (χ1) is 7.08. The zero-order chi connectivity index (χ0) is 11.4. The van der Waals surface area contributed by atoms with Gasteiger partial charge in [-0.1, -0.05) is 11.6 Å². The van der Waals surface area contributed by atoms with Crippen LogP contribution in [0.3, 0.4) is 0 Å². The van der Waals surface area contributed by atoms with Gasteiger partial charge in [-0.15, -0.1) is 0 Å². The Morgan fingerprint density at radius 3 is 3.00 bits per heavy atom. The molecule has 0 bridgehead atoms. The Bertz CT molecular complexity index is 402. The van der Waals surface area contributed by atoms with E-state index < -0.39 is 5.82 Å². The normalized spacial score (nSPS) is 11.9. The minimum atomic E-state index is -0.615. The molecule has 1 aromatic rings. The maximum atomic E-state index is 13.3. The maximum Gasteiger partial charge on any atom is 0.166 e. The Morgan fingerprint density at radius 1 is 1.80 bits per heavy atom. The highest BCUT2D eigenvalue weighted by molar-refractivity contribution is 6.30. The molecule has 0 amide bonds. The third-order valence-electron chi connectivity index (χ3n) is 1.79. The van der Waals surface area contributed by atoms with Gasteiger partial charge in [0.1, 0.15) is 11.2 Å². The molecular weight excluding hydrogens is 219 g/mol. The zero-order valence-electron chi connectivity index (χ0n) is 8.09. The topological polar surface area (TPSA) is 74.7 Å². The largest absolute Gasteiger partial charge is 0.364 e. The molecule has 0 fully saturated rings. The van der Waals surface area contributed by atoms with Crippen LogP contribution in [0.25, 0.3) is 0 Å². The lowest BCUT2D eigenvalue weighted by Crippen LogP contribution is -2.26. The van der Waals surface area contributed by atoms with E-state index in [9.17, 15) is 4.39 Å². The van der Waals surface area contributed by atoms with Crippen molar-refractivity contribution in [2.75, 3.05) is 11.9 Å². The molecule has 4 nitrogen and oxygen atoms in total. The highest BCUT2D eigenvalue weighted by Gasteiger charge is 2.11. The van der Waals surface area contributed by atoms with E-state index in [1.54, 1.807) is 13.0 Å². The van der Waals surface area contributed by atoms with Crippen molar-refractivity contribution in [1.29, 1.82) is 5.26 Å². The highest BCUT2D eigenvalue weighted by atomic mass is 35.5. The molecule has 1 atom stereocenters. The molecule has 1 heterocycles. The van der Waals surface area contributed by atoms with E-state index in [0.717, 1.165) is 6.07 Å². The summed E-state index contributed by atoms with van der Waals surface area (Å²) in [4.78, 5) is 3.73. The summed E-state index contributed by atoms with van der Waals surface area (Å²) in [6.07, 6.45) is 0. The first-order valence-corrected chi connectivity index (χ1v) is 4.69. The number of anilines is 1. The van der Waals surface area contributed by atoms with Crippen LogP contribution in [0.4, 0.5) is 10.2 Å². The number of nitrogens with one attached hydrogen (secondary N) is 1. The second-order valence-corrected chi connectivity index (χ2v) is 3.41. The van der Waals surface area contributed by atoms with Crippen LogP contribution in [0, 0.1) is 17.1 Å².